The van der Waals surface area contributed by atoms with Gasteiger partial charge in [0.1, 0.15) is 0 Å². The Kier molecular flexibility index (Phi) is 3.66. The lowest BCUT2D eigenvalue weighted by molar-refractivity contribution is 0.101. The fraction of sp³-hybridized carbons (Fsp3) is 0.786. The zero-order valence-electron chi connectivity index (χ0n) is 11.1. The van der Waals surface area contributed by atoms with Crippen molar-refractivity contribution >= 4 is 0 Å². The fourth-order valence-electron chi connectivity index (χ4n) is 3.20. The first-order valence-corrected chi connectivity index (χ1v) is 7.17. The molecule has 0 aliphatic carbocycles. The molecule has 3 atom stereocenters. The first-order valence-electron chi connectivity index (χ1n) is 7.17. The van der Waals surface area contributed by atoms with Crippen LogP contribution in [0.15, 0.2) is 12.5 Å². The zero-order valence-corrected chi connectivity index (χ0v) is 11.1. The summed E-state index contributed by atoms with van der Waals surface area (Å²) >= 11 is 0. The lowest BCUT2D eigenvalue weighted by Crippen LogP contribution is -2.30. The Bertz CT molecular complexity index is 384. The summed E-state index contributed by atoms with van der Waals surface area (Å²) in [5.41, 5.74) is 1.40. The van der Waals surface area contributed by atoms with Crippen molar-refractivity contribution < 1.29 is 4.74 Å². The van der Waals surface area contributed by atoms with Gasteiger partial charge in [-0.15, -0.1) is 0 Å². The second kappa shape index (κ2) is 5.41. The number of nitrogens with zero attached hydrogens (tertiary/aromatic N) is 2. The fourth-order valence-corrected chi connectivity index (χ4v) is 3.20. The molecule has 4 nitrogen and oxygen atoms in total. The topological polar surface area (TPSA) is 39.1 Å². The maximum atomic E-state index is 5.65. The molecule has 2 aliphatic heterocycles. The zero-order chi connectivity index (χ0) is 12.4. The van der Waals surface area contributed by atoms with Crippen LogP contribution in [0, 0.1) is 5.92 Å². The molecular weight excluding hydrogens is 226 g/mol. The van der Waals surface area contributed by atoms with Gasteiger partial charge in [-0.2, -0.15) is 0 Å². The summed E-state index contributed by atoms with van der Waals surface area (Å²) in [7, 11) is 0. The average Bonchev–Trinajstić information content (AvgIpc) is 3.01. The van der Waals surface area contributed by atoms with E-state index in [1.165, 1.54) is 25.0 Å². The van der Waals surface area contributed by atoms with E-state index < -0.39 is 0 Å². The Morgan fingerprint density at radius 1 is 1.50 bits per heavy atom. The smallest absolute Gasteiger partial charge is 0.0948 e. The van der Waals surface area contributed by atoms with Crippen LogP contribution in [0.3, 0.4) is 0 Å². The van der Waals surface area contributed by atoms with E-state index in [4.69, 9.17) is 4.74 Å². The van der Waals surface area contributed by atoms with Crippen LogP contribution in [-0.2, 0) is 11.3 Å². The van der Waals surface area contributed by atoms with E-state index in [-0.39, 0.29) is 0 Å². The minimum absolute atomic E-state index is 0.393. The van der Waals surface area contributed by atoms with Crippen LogP contribution < -0.4 is 5.32 Å². The number of hydrogen-bond acceptors (Lipinski definition) is 3. The van der Waals surface area contributed by atoms with Crippen molar-refractivity contribution in [2.75, 3.05) is 19.7 Å². The normalized spacial score (nSPS) is 32.8. The summed E-state index contributed by atoms with van der Waals surface area (Å²) in [6.45, 7) is 6.44. The van der Waals surface area contributed by atoms with E-state index in [1.807, 2.05) is 6.33 Å². The highest BCUT2D eigenvalue weighted by Gasteiger charge is 2.26. The minimum Gasteiger partial charge on any atom is -0.378 e. The second-order valence-corrected chi connectivity index (χ2v) is 5.64. The van der Waals surface area contributed by atoms with Gasteiger partial charge < -0.3 is 14.6 Å². The molecule has 3 rings (SSSR count). The Balaban J connectivity index is 1.70. The highest BCUT2D eigenvalue weighted by molar-refractivity contribution is 5.08. The van der Waals surface area contributed by atoms with Crippen LogP contribution in [0.25, 0.3) is 0 Å². The summed E-state index contributed by atoms with van der Waals surface area (Å²) < 4.78 is 8.01. The van der Waals surface area contributed by atoms with Gasteiger partial charge in [-0.25, -0.2) is 4.98 Å². The molecule has 0 radical (unpaired) electrons. The Morgan fingerprint density at radius 3 is 3.17 bits per heavy atom. The predicted octanol–water partition coefficient (Wildman–Crippen LogP) is 1.78. The summed E-state index contributed by atoms with van der Waals surface area (Å²) in [5.74, 6) is 1.29. The van der Waals surface area contributed by atoms with Crippen molar-refractivity contribution in [1.82, 2.24) is 14.9 Å². The lowest BCUT2D eigenvalue weighted by atomic mass is 9.95. The molecule has 0 aromatic carbocycles. The molecule has 0 spiro atoms. The van der Waals surface area contributed by atoms with E-state index in [9.17, 15) is 0 Å². The van der Waals surface area contributed by atoms with Crippen molar-refractivity contribution in [2.24, 2.45) is 5.92 Å². The largest absolute Gasteiger partial charge is 0.378 e. The number of rotatable bonds is 3. The Morgan fingerprint density at radius 2 is 2.44 bits per heavy atom. The summed E-state index contributed by atoms with van der Waals surface area (Å²) in [5, 5.41) is 3.49. The maximum Gasteiger partial charge on any atom is 0.0948 e. The van der Waals surface area contributed by atoms with E-state index >= 15 is 0 Å². The molecule has 0 bridgehead atoms. The number of aromatic nitrogens is 2. The van der Waals surface area contributed by atoms with Gasteiger partial charge in [0.05, 0.1) is 12.4 Å². The third-order valence-corrected chi connectivity index (χ3v) is 4.42. The van der Waals surface area contributed by atoms with Crippen LogP contribution in [0.1, 0.15) is 37.8 Å². The number of piperidine rings is 1. The van der Waals surface area contributed by atoms with Crippen LogP contribution >= 0.6 is 0 Å². The van der Waals surface area contributed by atoms with Crippen molar-refractivity contribution in [3.8, 4) is 0 Å². The lowest BCUT2D eigenvalue weighted by Gasteiger charge is -2.25. The van der Waals surface area contributed by atoms with Crippen molar-refractivity contribution in [1.29, 1.82) is 0 Å². The summed E-state index contributed by atoms with van der Waals surface area (Å²) in [4.78, 5) is 4.36. The number of hydrogen-bond donors (Lipinski definition) is 1. The highest BCUT2D eigenvalue weighted by Crippen LogP contribution is 2.27. The van der Waals surface area contributed by atoms with Crippen LogP contribution in [0.5, 0.6) is 0 Å². The van der Waals surface area contributed by atoms with Crippen molar-refractivity contribution in [2.45, 2.75) is 44.8 Å². The minimum atomic E-state index is 0.393. The summed E-state index contributed by atoms with van der Waals surface area (Å²) in [6.07, 6.45) is 8.19. The molecule has 4 heteroatoms. The molecule has 1 aromatic heterocycles. The number of imidazole rings is 1. The first kappa shape index (κ1) is 12.2. The molecule has 2 saturated heterocycles. The van der Waals surface area contributed by atoms with E-state index in [1.54, 1.807) is 0 Å². The highest BCUT2D eigenvalue weighted by atomic mass is 16.5. The Labute approximate surface area is 109 Å². The van der Waals surface area contributed by atoms with E-state index in [2.05, 4.69) is 28.0 Å². The molecule has 0 saturated carbocycles. The maximum absolute atomic E-state index is 5.65. The van der Waals surface area contributed by atoms with Crippen molar-refractivity contribution in [3.05, 3.63) is 18.2 Å². The predicted molar refractivity (Wildman–Crippen MR) is 70.6 cm³/mol. The first-order chi connectivity index (χ1) is 8.84. The van der Waals surface area contributed by atoms with Crippen LogP contribution in [0.4, 0.5) is 0 Å². The van der Waals surface area contributed by atoms with Crippen LogP contribution in [-0.4, -0.2) is 35.4 Å². The van der Waals surface area contributed by atoms with E-state index in [0.29, 0.717) is 17.9 Å². The van der Waals surface area contributed by atoms with E-state index in [0.717, 1.165) is 26.2 Å². The third kappa shape index (κ3) is 2.45. The van der Waals surface area contributed by atoms with Crippen molar-refractivity contribution in [3.63, 3.8) is 0 Å². The van der Waals surface area contributed by atoms with Gasteiger partial charge in [-0.3, -0.25) is 0 Å². The standard InChI is InChI=1S/C14H23N3O/c1-11-13(4-6-18-11)9-17-10-16-8-14(17)12-3-2-5-15-7-12/h8,10-13,15H,2-7,9H2,1H3. The third-order valence-electron chi connectivity index (χ3n) is 4.42. The Hall–Kier alpha value is -0.870. The van der Waals surface area contributed by atoms with Gasteiger partial charge in [-0.1, -0.05) is 0 Å². The number of ether oxygens (including phenoxy) is 1. The molecule has 0 amide bonds. The van der Waals surface area contributed by atoms with Gasteiger partial charge in [0.15, 0.2) is 0 Å². The number of nitrogens with one attached hydrogen (secondary N) is 1. The van der Waals surface area contributed by atoms with Gasteiger partial charge >= 0.3 is 0 Å². The van der Waals surface area contributed by atoms with Gasteiger partial charge in [0, 0.05) is 43.4 Å². The molecule has 100 valence electrons. The molecule has 2 fully saturated rings. The van der Waals surface area contributed by atoms with Gasteiger partial charge in [-0.05, 0) is 32.7 Å². The second-order valence-electron chi connectivity index (χ2n) is 5.64. The molecule has 1 aromatic rings. The molecule has 3 unspecified atom stereocenters. The molecule has 2 aliphatic rings. The molecule has 3 heterocycles. The van der Waals surface area contributed by atoms with Gasteiger partial charge in [0.25, 0.3) is 0 Å². The monoisotopic (exact) mass is 249 g/mol. The molecule has 1 N–H and O–H groups in total. The quantitative estimate of drug-likeness (QED) is 0.887. The SMILES string of the molecule is CC1OCCC1Cn1cncc1C1CCCNC1. The average molecular weight is 249 g/mol. The van der Waals surface area contributed by atoms with Crippen LogP contribution in [0.2, 0.25) is 0 Å². The summed E-state index contributed by atoms with van der Waals surface area (Å²) in [6, 6.07) is 0. The molecular formula is C14H23N3O. The molecule has 18 heavy (non-hydrogen) atoms. The van der Waals surface area contributed by atoms with Gasteiger partial charge in [0.2, 0.25) is 0 Å².